The molecular formula is C42H46F3N7O4. The summed E-state index contributed by atoms with van der Waals surface area (Å²) in [7, 11) is 1.56. The number of nitrogens with zero attached hydrogens (tertiary/aromatic N) is 5. The highest BCUT2D eigenvalue weighted by molar-refractivity contribution is 5.97. The van der Waals surface area contributed by atoms with E-state index in [0.29, 0.717) is 73.7 Å². The fourth-order valence-corrected chi connectivity index (χ4v) is 10.4. The first-order valence-electron chi connectivity index (χ1n) is 19.7. The number of hydrogen-bond donors (Lipinski definition) is 2. The van der Waals surface area contributed by atoms with Gasteiger partial charge < -0.3 is 25.2 Å². The van der Waals surface area contributed by atoms with Gasteiger partial charge in [-0.1, -0.05) is 0 Å². The number of ether oxygens (including phenoxy) is 1. The number of pyridine rings is 1. The zero-order chi connectivity index (χ0) is 38.9. The number of methoxy groups -OCH3 is 1. The summed E-state index contributed by atoms with van der Waals surface area (Å²) in [6.45, 7) is 4.49. The van der Waals surface area contributed by atoms with Crippen LogP contribution in [0.2, 0.25) is 0 Å². The van der Waals surface area contributed by atoms with E-state index in [9.17, 15) is 27.6 Å². The lowest BCUT2D eigenvalue weighted by Gasteiger charge is -2.57. The van der Waals surface area contributed by atoms with Gasteiger partial charge in [-0.15, -0.1) is 0 Å². The van der Waals surface area contributed by atoms with Crippen molar-refractivity contribution in [2.75, 3.05) is 43.5 Å². The van der Waals surface area contributed by atoms with Gasteiger partial charge in [-0.05, 0) is 117 Å². The number of amides is 2. The molecule has 2 aromatic heterocycles. The summed E-state index contributed by atoms with van der Waals surface area (Å²) < 4.78 is 48.9. The fourth-order valence-electron chi connectivity index (χ4n) is 10.4. The van der Waals surface area contributed by atoms with Crippen LogP contribution in [-0.2, 0) is 11.0 Å². The zero-order valence-electron chi connectivity index (χ0n) is 31.6. The third-order valence-corrected chi connectivity index (χ3v) is 12.8. The predicted octanol–water partition coefficient (Wildman–Crippen LogP) is 7.01. The number of halogens is 3. The molecule has 0 radical (unpaired) electrons. The highest BCUT2D eigenvalue weighted by atomic mass is 19.4. The highest BCUT2D eigenvalue weighted by Crippen LogP contribution is 2.61. The van der Waals surface area contributed by atoms with Crippen molar-refractivity contribution in [2.45, 2.75) is 76.9 Å². The molecule has 6 fully saturated rings. The van der Waals surface area contributed by atoms with Crippen LogP contribution in [0.25, 0.3) is 16.7 Å². The normalized spacial score (nSPS) is 24.4. The van der Waals surface area contributed by atoms with Gasteiger partial charge in [0.1, 0.15) is 5.75 Å². The van der Waals surface area contributed by atoms with Crippen LogP contribution in [0.4, 0.5) is 30.5 Å². The van der Waals surface area contributed by atoms with Gasteiger partial charge in [-0.3, -0.25) is 19.0 Å². The van der Waals surface area contributed by atoms with Crippen molar-refractivity contribution in [3.8, 4) is 11.4 Å². The number of carbonyl (C=O) groups excluding carboxylic acids is 2. The van der Waals surface area contributed by atoms with Crippen LogP contribution < -0.4 is 25.8 Å². The van der Waals surface area contributed by atoms with E-state index in [0.717, 1.165) is 35.6 Å². The summed E-state index contributed by atoms with van der Waals surface area (Å²) in [5, 5.41) is 6.33. The van der Waals surface area contributed by atoms with E-state index in [4.69, 9.17) is 4.74 Å². The number of alkyl halides is 3. The molecule has 3 heterocycles. The number of nitrogens with one attached hydrogen (secondary N) is 2. The second-order valence-corrected chi connectivity index (χ2v) is 16.9. The predicted molar refractivity (Wildman–Crippen MR) is 206 cm³/mol. The maximum absolute atomic E-state index is 14.0. The van der Waals surface area contributed by atoms with E-state index in [-0.39, 0.29) is 28.7 Å². The molecule has 14 heteroatoms. The minimum Gasteiger partial charge on any atom is -0.494 e. The topological polar surface area (TPSA) is 122 Å². The number of benzene rings is 2. The Balaban J connectivity index is 0.929. The molecule has 5 saturated carbocycles. The van der Waals surface area contributed by atoms with Crippen LogP contribution in [0, 0.1) is 30.1 Å². The Labute approximate surface area is 322 Å². The lowest BCUT2D eigenvalue weighted by Crippen LogP contribution is -2.52. The Morgan fingerprint density at radius 2 is 1.61 bits per heavy atom. The molecule has 2 aromatic carbocycles. The number of anilines is 3. The first-order chi connectivity index (χ1) is 26.8. The van der Waals surface area contributed by atoms with Crippen molar-refractivity contribution in [2.24, 2.45) is 23.2 Å². The number of fused-ring (bicyclic) bond motifs is 1. The molecule has 1 aliphatic heterocycles. The lowest BCUT2D eigenvalue weighted by atomic mass is 9.49. The number of aromatic nitrogens is 3. The van der Waals surface area contributed by atoms with Crippen LogP contribution in [-0.4, -0.2) is 70.6 Å². The summed E-state index contributed by atoms with van der Waals surface area (Å²) in [6, 6.07) is 10.0. The van der Waals surface area contributed by atoms with E-state index >= 15 is 0 Å². The maximum Gasteiger partial charge on any atom is 0.417 e. The summed E-state index contributed by atoms with van der Waals surface area (Å²) in [5.74, 6) is 2.59. The molecule has 1 saturated heterocycles. The van der Waals surface area contributed by atoms with Crippen LogP contribution in [0.15, 0.2) is 53.5 Å². The Hall–Kier alpha value is -5.14. The summed E-state index contributed by atoms with van der Waals surface area (Å²) in [5.41, 5.74) is 0.380. The maximum atomic E-state index is 14.0. The molecule has 2 N–H and O–H groups in total. The van der Waals surface area contributed by atoms with Crippen molar-refractivity contribution in [3.63, 3.8) is 0 Å². The summed E-state index contributed by atoms with van der Waals surface area (Å²) in [6.07, 6.45) is 6.68. The molecule has 6 aliphatic rings. The molecule has 2 amide bonds. The molecule has 294 valence electrons. The number of rotatable bonds is 9. The molecule has 11 nitrogen and oxygen atoms in total. The Morgan fingerprint density at radius 1 is 0.929 bits per heavy atom. The third-order valence-electron chi connectivity index (χ3n) is 12.8. The van der Waals surface area contributed by atoms with Crippen molar-refractivity contribution >= 4 is 40.2 Å². The fraction of sp³-hybridized carbons (Fsp3) is 0.500. The highest BCUT2D eigenvalue weighted by Gasteiger charge is 2.52. The number of carbonyl (C=O) groups is 2. The van der Waals surface area contributed by atoms with Gasteiger partial charge in [-0.2, -0.15) is 18.2 Å². The first kappa shape index (κ1) is 36.5. The van der Waals surface area contributed by atoms with Gasteiger partial charge in [0.05, 0.1) is 29.6 Å². The molecule has 0 spiro atoms. The smallest absolute Gasteiger partial charge is 0.417 e. The van der Waals surface area contributed by atoms with E-state index in [1.807, 2.05) is 18.2 Å². The molecule has 4 aromatic rings. The average molecular weight is 770 g/mol. The van der Waals surface area contributed by atoms with E-state index < -0.39 is 28.8 Å². The van der Waals surface area contributed by atoms with Gasteiger partial charge in [0.2, 0.25) is 11.9 Å². The minimum atomic E-state index is -4.77. The molecule has 5 aliphatic carbocycles. The minimum absolute atomic E-state index is 0.0649. The largest absolute Gasteiger partial charge is 0.494 e. The van der Waals surface area contributed by atoms with Gasteiger partial charge in [0, 0.05) is 68.0 Å². The standard InChI is InChI=1S/C42H46F3N7O4/c1-24-13-36(53)52(30-5-7-33(42(43,44)45)31(17-30)39(55)47-28-3-4-28)38-32(24)23-46-40(49-38)48-34-8-6-29(18-35(34)56-2)50-9-11-51(12-10-50)37(54)22-41-19-25-14-26(20-41)16-27(15-25)21-41/h5-8,13,17-18,23,25-28H,3-4,9-12,14-16,19-22H2,1-2H3,(H,47,55)(H,46,48,49). The monoisotopic (exact) mass is 769 g/mol. The van der Waals surface area contributed by atoms with Gasteiger partial charge in [0.25, 0.3) is 11.5 Å². The van der Waals surface area contributed by atoms with Crippen molar-refractivity contribution in [3.05, 3.63) is 75.7 Å². The average Bonchev–Trinajstić information content (AvgIpc) is 3.98. The lowest BCUT2D eigenvalue weighted by molar-refractivity contribution is -0.140. The quantitative estimate of drug-likeness (QED) is 0.187. The van der Waals surface area contributed by atoms with Crippen molar-refractivity contribution in [1.29, 1.82) is 0 Å². The number of piperazine rings is 1. The Morgan fingerprint density at radius 3 is 2.25 bits per heavy atom. The number of hydrogen-bond acceptors (Lipinski definition) is 8. The summed E-state index contributed by atoms with van der Waals surface area (Å²) >= 11 is 0. The van der Waals surface area contributed by atoms with Gasteiger partial charge in [-0.25, -0.2) is 4.98 Å². The summed E-state index contributed by atoms with van der Waals surface area (Å²) in [4.78, 5) is 53.5. The Bertz CT molecular complexity index is 2240. The molecule has 0 atom stereocenters. The molecule has 4 bridgehead atoms. The third kappa shape index (κ3) is 6.95. The van der Waals surface area contributed by atoms with E-state index in [1.54, 1.807) is 20.2 Å². The molecule has 0 unspecified atom stereocenters. The molecular weight excluding hydrogens is 724 g/mol. The van der Waals surface area contributed by atoms with E-state index in [1.165, 1.54) is 55.2 Å². The van der Waals surface area contributed by atoms with Crippen LogP contribution in [0.5, 0.6) is 5.75 Å². The van der Waals surface area contributed by atoms with Crippen molar-refractivity contribution in [1.82, 2.24) is 24.8 Å². The molecule has 10 rings (SSSR count). The van der Waals surface area contributed by atoms with E-state index in [2.05, 4.69) is 30.4 Å². The van der Waals surface area contributed by atoms with Crippen molar-refractivity contribution < 1.29 is 27.5 Å². The number of aryl methyl sites for hydroxylation is 1. The second kappa shape index (κ2) is 13.8. The van der Waals surface area contributed by atoms with Gasteiger partial charge in [0.15, 0.2) is 5.65 Å². The second-order valence-electron chi connectivity index (χ2n) is 16.9. The first-order valence-corrected chi connectivity index (χ1v) is 19.7. The van der Waals surface area contributed by atoms with Gasteiger partial charge >= 0.3 is 6.18 Å². The Kier molecular flexibility index (Phi) is 9.00. The molecule has 56 heavy (non-hydrogen) atoms. The van der Waals surface area contributed by atoms with Crippen LogP contribution >= 0.6 is 0 Å². The van der Waals surface area contributed by atoms with Crippen LogP contribution in [0.1, 0.15) is 79.3 Å². The zero-order valence-corrected chi connectivity index (χ0v) is 31.6. The van der Waals surface area contributed by atoms with Crippen LogP contribution in [0.3, 0.4) is 0 Å². The SMILES string of the molecule is COc1cc(N2CCN(C(=O)CC34CC5CC(CC(C5)C3)C4)CC2)ccc1Nc1ncc2c(C)cc(=O)n(-c3ccc(C(F)(F)F)c(C(=O)NC4CC4)c3)c2n1.